The van der Waals surface area contributed by atoms with E-state index in [4.69, 9.17) is 4.74 Å². The maximum absolute atomic E-state index is 13.0. The molecule has 0 saturated carbocycles. The van der Waals surface area contributed by atoms with Gasteiger partial charge in [-0.1, -0.05) is 12.1 Å². The first-order valence-corrected chi connectivity index (χ1v) is 7.30. The Hall–Kier alpha value is -1.38. The number of piperidine rings is 1. The maximum atomic E-state index is 13.0. The van der Waals surface area contributed by atoms with Gasteiger partial charge in [-0.15, -0.1) is 0 Å². The third kappa shape index (κ3) is 3.44. The van der Waals surface area contributed by atoms with Crippen LogP contribution < -0.4 is 10.1 Å². The summed E-state index contributed by atoms with van der Waals surface area (Å²) in [4.78, 5) is 0. The minimum absolute atomic E-state index is 0.0421. The predicted octanol–water partition coefficient (Wildman–Crippen LogP) is 2.26. The molecule has 2 heterocycles. The topological polar surface area (TPSA) is 50.7 Å². The van der Waals surface area contributed by atoms with Gasteiger partial charge in [0.05, 0.1) is 18.8 Å². The van der Waals surface area contributed by atoms with Crippen molar-refractivity contribution >= 4 is 0 Å². The first-order valence-electron chi connectivity index (χ1n) is 7.30. The SMILES string of the molecule is OC1(c2cccc(OC(F)(F)C(F)F)c2)CC2COCC(C1)N2. The van der Waals surface area contributed by atoms with Crippen LogP contribution >= 0.6 is 0 Å². The molecule has 0 aromatic heterocycles. The summed E-state index contributed by atoms with van der Waals surface area (Å²) < 4.78 is 60.0. The quantitative estimate of drug-likeness (QED) is 0.829. The molecule has 1 aromatic carbocycles. The summed E-state index contributed by atoms with van der Waals surface area (Å²) in [5, 5.41) is 14.2. The molecule has 4 nitrogen and oxygen atoms in total. The fraction of sp³-hybridized carbons (Fsp3) is 0.600. The molecule has 2 unspecified atom stereocenters. The minimum Gasteiger partial charge on any atom is -0.428 e. The van der Waals surface area contributed by atoms with E-state index >= 15 is 0 Å². The molecule has 0 amide bonds. The van der Waals surface area contributed by atoms with Gasteiger partial charge in [0.15, 0.2) is 0 Å². The van der Waals surface area contributed by atoms with Gasteiger partial charge >= 0.3 is 12.5 Å². The zero-order valence-electron chi connectivity index (χ0n) is 12.1. The van der Waals surface area contributed by atoms with Crippen molar-refractivity contribution < 1.29 is 32.1 Å². The molecule has 2 aliphatic heterocycles. The second-order valence-electron chi connectivity index (χ2n) is 6.03. The molecule has 2 N–H and O–H groups in total. The number of hydrogen-bond acceptors (Lipinski definition) is 4. The van der Waals surface area contributed by atoms with Crippen LogP contribution in [0.15, 0.2) is 24.3 Å². The fourth-order valence-electron chi connectivity index (χ4n) is 3.20. The lowest BCUT2D eigenvalue weighted by molar-refractivity contribution is -0.253. The van der Waals surface area contributed by atoms with Gasteiger partial charge in [0.25, 0.3) is 0 Å². The molecule has 0 radical (unpaired) electrons. The van der Waals surface area contributed by atoms with Crippen LogP contribution in [0.4, 0.5) is 17.6 Å². The molecule has 128 valence electrons. The lowest BCUT2D eigenvalue weighted by Gasteiger charge is -2.45. The number of rotatable bonds is 4. The third-order valence-electron chi connectivity index (χ3n) is 4.16. The lowest BCUT2D eigenvalue weighted by Crippen LogP contribution is -2.58. The number of aliphatic hydroxyl groups is 1. The van der Waals surface area contributed by atoms with Crippen LogP contribution in [0.3, 0.4) is 0 Å². The van der Waals surface area contributed by atoms with Crippen LogP contribution in [0, 0.1) is 0 Å². The highest BCUT2D eigenvalue weighted by Crippen LogP contribution is 2.38. The molecule has 2 fully saturated rings. The van der Waals surface area contributed by atoms with Crippen LogP contribution in [0.1, 0.15) is 18.4 Å². The van der Waals surface area contributed by atoms with Crippen LogP contribution in [-0.4, -0.2) is 42.9 Å². The number of morpholine rings is 1. The summed E-state index contributed by atoms with van der Waals surface area (Å²) >= 11 is 0. The molecule has 2 aliphatic rings. The summed E-state index contributed by atoms with van der Waals surface area (Å²) in [6.07, 6.45) is -7.81. The molecule has 3 rings (SSSR count). The van der Waals surface area contributed by atoms with Gasteiger partial charge in [-0.25, -0.2) is 0 Å². The molecule has 8 heteroatoms. The molecule has 23 heavy (non-hydrogen) atoms. The van der Waals surface area contributed by atoms with Gasteiger partial charge in [-0.2, -0.15) is 17.6 Å². The Morgan fingerprint density at radius 2 is 1.91 bits per heavy atom. The van der Waals surface area contributed by atoms with Gasteiger partial charge in [0, 0.05) is 12.1 Å². The Labute approximate surface area is 130 Å². The molecular weight excluding hydrogens is 318 g/mol. The number of ether oxygens (including phenoxy) is 2. The van der Waals surface area contributed by atoms with E-state index in [9.17, 15) is 22.7 Å². The van der Waals surface area contributed by atoms with Crippen LogP contribution in [-0.2, 0) is 10.3 Å². The average Bonchev–Trinajstić information content (AvgIpc) is 2.46. The Kier molecular flexibility index (Phi) is 4.24. The standard InChI is InChI=1S/C15H17F4NO3/c16-13(17)15(18,19)23-12-3-1-2-9(4-12)14(21)5-10-7-22-8-11(6-14)20-10/h1-4,10-11,13,20-21H,5-8H2. The number of halogens is 4. The summed E-state index contributed by atoms with van der Waals surface area (Å²) in [6.45, 7) is 0.914. The monoisotopic (exact) mass is 335 g/mol. The normalized spacial score (nSPS) is 31.2. The number of fused-ring (bicyclic) bond motifs is 2. The van der Waals surface area contributed by atoms with Crippen molar-refractivity contribution in [2.45, 2.75) is 43.1 Å². The Bertz CT molecular complexity index is 557. The predicted molar refractivity (Wildman–Crippen MR) is 72.7 cm³/mol. The molecule has 2 saturated heterocycles. The van der Waals surface area contributed by atoms with Gasteiger partial charge in [0.2, 0.25) is 0 Å². The van der Waals surface area contributed by atoms with Crippen molar-refractivity contribution in [3.63, 3.8) is 0 Å². The Morgan fingerprint density at radius 3 is 2.52 bits per heavy atom. The number of alkyl halides is 4. The van der Waals surface area contributed by atoms with E-state index in [0.29, 0.717) is 31.6 Å². The van der Waals surface area contributed by atoms with Gasteiger partial charge in [-0.05, 0) is 30.5 Å². The van der Waals surface area contributed by atoms with E-state index in [0.717, 1.165) is 6.07 Å². The second kappa shape index (κ2) is 5.92. The zero-order valence-corrected chi connectivity index (χ0v) is 12.1. The Morgan fingerprint density at radius 1 is 1.26 bits per heavy atom. The van der Waals surface area contributed by atoms with Crippen molar-refractivity contribution in [2.24, 2.45) is 0 Å². The Balaban J connectivity index is 1.82. The van der Waals surface area contributed by atoms with E-state index in [2.05, 4.69) is 10.1 Å². The highest BCUT2D eigenvalue weighted by molar-refractivity contribution is 5.33. The molecular formula is C15H17F4NO3. The minimum atomic E-state index is -4.57. The lowest BCUT2D eigenvalue weighted by atomic mass is 9.78. The van der Waals surface area contributed by atoms with E-state index in [1.54, 1.807) is 6.07 Å². The molecule has 0 spiro atoms. The van der Waals surface area contributed by atoms with Crippen molar-refractivity contribution in [3.8, 4) is 5.75 Å². The van der Waals surface area contributed by atoms with Crippen molar-refractivity contribution in [1.82, 2.24) is 5.32 Å². The van der Waals surface area contributed by atoms with Crippen molar-refractivity contribution in [3.05, 3.63) is 29.8 Å². The van der Waals surface area contributed by atoms with Crippen molar-refractivity contribution in [2.75, 3.05) is 13.2 Å². The van der Waals surface area contributed by atoms with E-state index in [1.807, 2.05) is 0 Å². The van der Waals surface area contributed by atoms with Gasteiger partial charge < -0.3 is 19.9 Å². The third-order valence-corrected chi connectivity index (χ3v) is 4.16. The largest absolute Gasteiger partial charge is 0.461 e. The molecule has 1 aromatic rings. The fourth-order valence-corrected chi connectivity index (χ4v) is 3.20. The van der Waals surface area contributed by atoms with E-state index in [-0.39, 0.29) is 12.1 Å². The van der Waals surface area contributed by atoms with Gasteiger partial charge in [0.1, 0.15) is 5.75 Å². The summed E-state index contributed by atoms with van der Waals surface area (Å²) in [5.74, 6) is -0.402. The van der Waals surface area contributed by atoms with E-state index < -0.39 is 23.9 Å². The molecule has 2 bridgehead atoms. The average molecular weight is 335 g/mol. The van der Waals surface area contributed by atoms with Crippen LogP contribution in [0.5, 0.6) is 5.75 Å². The number of hydrogen-bond donors (Lipinski definition) is 2. The summed E-state index contributed by atoms with van der Waals surface area (Å²) in [6, 6.07) is 5.25. The first kappa shape index (κ1) is 16.5. The highest BCUT2D eigenvalue weighted by Gasteiger charge is 2.45. The van der Waals surface area contributed by atoms with Crippen LogP contribution in [0.2, 0.25) is 0 Å². The molecule has 0 aliphatic carbocycles. The number of benzene rings is 1. The first-order chi connectivity index (χ1) is 10.8. The molecule has 2 atom stereocenters. The van der Waals surface area contributed by atoms with Crippen LogP contribution in [0.25, 0.3) is 0 Å². The smallest absolute Gasteiger partial charge is 0.428 e. The van der Waals surface area contributed by atoms with E-state index in [1.165, 1.54) is 12.1 Å². The maximum Gasteiger partial charge on any atom is 0.461 e. The van der Waals surface area contributed by atoms with Crippen molar-refractivity contribution in [1.29, 1.82) is 0 Å². The second-order valence-corrected chi connectivity index (χ2v) is 6.03. The highest BCUT2D eigenvalue weighted by atomic mass is 19.3. The summed E-state index contributed by atoms with van der Waals surface area (Å²) in [5.41, 5.74) is -0.859. The zero-order chi connectivity index (χ0) is 16.7. The summed E-state index contributed by atoms with van der Waals surface area (Å²) in [7, 11) is 0. The van der Waals surface area contributed by atoms with Gasteiger partial charge in [-0.3, -0.25) is 0 Å². The number of nitrogens with one attached hydrogen (secondary N) is 1.